The summed E-state index contributed by atoms with van der Waals surface area (Å²) in [6, 6.07) is 0.897. The standard InChI is InChI=1S/C24H37N3O2/c1-23(2)20-11-12-24(23,3)22(29)27(21(20)28)14-8-7-13-25-15-17-26(18-16-25)19-9-5-4-6-10-19/h19-20H,4-6,9-18H2,1-3H3/p+2/t20-,24-/m0/s1. The second-order valence-corrected chi connectivity index (χ2v) is 10.6. The molecule has 4 fully saturated rings. The molecule has 0 radical (unpaired) electrons. The summed E-state index contributed by atoms with van der Waals surface area (Å²) in [5.41, 5.74) is -0.660. The average molecular weight is 402 g/mol. The predicted molar refractivity (Wildman–Crippen MR) is 112 cm³/mol. The van der Waals surface area contributed by atoms with Crippen molar-refractivity contribution >= 4 is 11.8 Å². The van der Waals surface area contributed by atoms with Gasteiger partial charge in [0.15, 0.2) is 0 Å². The first-order chi connectivity index (χ1) is 13.8. The molecule has 4 rings (SSSR count). The van der Waals surface area contributed by atoms with Crippen LogP contribution in [0.5, 0.6) is 0 Å². The van der Waals surface area contributed by atoms with Crippen LogP contribution in [-0.2, 0) is 9.59 Å². The van der Waals surface area contributed by atoms with Gasteiger partial charge in [-0.25, -0.2) is 0 Å². The van der Waals surface area contributed by atoms with Crippen molar-refractivity contribution in [2.24, 2.45) is 16.7 Å². The number of carbonyl (C=O) groups is 2. The molecule has 2 aliphatic heterocycles. The van der Waals surface area contributed by atoms with Crippen molar-refractivity contribution in [2.45, 2.75) is 71.8 Å². The summed E-state index contributed by atoms with van der Waals surface area (Å²) >= 11 is 0. The van der Waals surface area contributed by atoms with Crippen molar-refractivity contribution in [3.05, 3.63) is 0 Å². The Morgan fingerprint density at radius 3 is 2.34 bits per heavy atom. The quantitative estimate of drug-likeness (QED) is 0.513. The fraction of sp³-hybridized carbons (Fsp3) is 0.833. The van der Waals surface area contributed by atoms with Crippen LogP contribution in [-0.4, -0.2) is 62.0 Å². The number of hydrogen-bond donors (Lipinski definition) is 2. The number of quaternary nitrogens is 2. The van der Waals surface area contributed by atoms with E-state index in [1.54, 1.807) is 4.90 Å². The molecule has 2 heterocycles. The average Bonchev–Trinajstić information content (AvgIpc) is 2.92. The topological polar surface area (TPSA) is 46.3 Å². The van der Waals surface area contributed by atoms with Gasteiger partial charge in [-0.1, -0.05) is 33.1 Å². The molecule has 2 atom stereocenters. The van der Waals surface area contributed by atoms with E-state index in [9.17, 15) is 9.59 Å². The van der Waals surface area contributed by atoms with Crippen LogP contribution in [0.15, 0.2) is 0 Å². The molecular formula is C24H39N3O2+2. The largest absolute Gasteiger partial charge is 0.323 e. The molecular weight excluding hydrogens is 362 g/mol. The highest BCUT2D eigenvalue weighted by Crippen LogP contribution is 2.59. The third-order valence-corrected chi connectivity index (χ3v) is 8.99. The monoisotopic (exact) mass is 401 g/mol. The number of imide groups is 1. The van der Waals surface area contributed by atoms with E-state index in [0.717, 1.165) is 25.4 Å². The molecule has 2 saturated carbocycles. The van der Waals surface area contributed by atoms with E-state index in [2.05, 4.69) is 25.7 Å². The Hall–Kier alpha value is -1.38. The minimum atomic E-state index is -0.420. The smallest absolute Gasteiger partial charge is 0.236 e. The first-order valence-corrected chi connectivity index (χ1v) is 11.8. The van der Waals surface area contributed by atoms with Gasteiger partial charge >= 0.3 is 0 Å². The summed E-state index contributed by atoms with van der Waals surface area (Å²) in [7, 11) is 0. The number of nitrogens with one attached hydrogen (secondary N) is 2. The number of nitrogens with zero attached hydrogens (tertiary/aromatic N) is 1. The summed E-state index contributed by atoms with van der Waals surface area (Å²) in [6.45, 7) is 12.2. The maximum atomic E-state index is 13.0. The third-order valence-electron chi connectivity index (χ3n) is 8.99. The van der Waals surface area contributed by atoms with Gasteiger partial charge in [-0.3, -0.25) is 14.5 Å². The molecule has 0 spiro atoms. The van der Waals surface area contributed by atoms with Crippen molar-refractivity contribution in [2.75, 3.05) is 39.3 Å². The highest BCUT2D eigenvalue weighted by atomic mass is 16.2. The molecule has 2 aliphatic carbocycles. The predicted octanol–water partition coefficient (Wildman–Crippen LogP) is -0.0828. The van der Waals surface area contributed by atoms with Gasteiger partial charge in [-0.2, -0.15) is 0 Å². The lowest BCUT2D eigenvalue weighted by Gasteiger charge is -2.47. The summed E-state index contributed by atoms with van der Waals surface area (Å²) in [5.74, 6) is 6.40. The number of likely N-dealkylation sites (tertiary alicyclic amines) is 1. The van der Waals surface area contributed by atoms with Gasteiger partial charge in [0.25, 0.3) is 0 Å². The molecule has 2 saturated heterocycles. The molecule has 0 aromatic rings. The number of rotatable bonds is 3. The molecule has 0 aromatic heterocycles. The van der Waals surface area contributed by atoms with E-state index in [1.807, 2.05) is 11.8 Å². The van der Waals surface area contributed by atoms with Gasteiger partial charge in [0, 0.05) is 5.92 Å². The number of piperidine rings is 1. The van der Waals surface area contributed by atoms with E-state index in [-0.39, 0.29) is 29.7 Å². The first kappa shape index (κ1) is 20.9. The lowest BCUT2D eigenvalue weighted by molar-refractivity contribution is -1.02. The Labute approximate surface area is 176 Å². The van der Waals surface area contributed by atoms with Crippen LogP contribution in [0.1, 0.15) is 65.7 Å². The Morgan fingerprint density at radius 2 is 1.66 bits per heavy atom. The molecule has 2 N–H and O–H groups in total. The fourth-order valence-electron chi connectivity index (χ4n) is 6.39. The Morgan fingerprint density at radius 1 is 0.966 bits per heavy atom. The Balaban J connectivity index is 1.27. The van der Waals surface area contributed by atoms with Crippen LogP contribution in [0, 0.1) is 28.6 Å². The second-order valence-electron chi connectivity index (χ2n) is 10.6. The molecule has 2 bridgehead atoms. The minimum Gasteiger partial charge on any atom is -0.323 e. The van der Waals surface area contributed by atoms with Crippen LogP contribution in [0.25, 0.3) is 0 Å². The number of amides is 2. The van der Waals surface area contributed by atoms with Gasteiger partial charge in [-0.05, 0) is 49.9 Å². The first-order valence-electron chi connectivity index (χ1n) is 11.8. The molecule has 160 valence electrons. The molecule has 0 aromatic carbocycles. The van der Waals surface area contributed by atoms with Crippen molar-refractivity contribution in [1.82, 2.24) is 4.90 Å². The number of carbonyl (C=O) groups excluding carboxylic acids is 2. The van der Waals surface area contributed by atoms with E-state index >= 15 is 0 Å². The Kier molecular flexibility index (Phi) is 5.79. The van der Waals surface area contributed by atoms with Gasteiger partial charge in [0.1, 0.15) is 32.7 Å². The zero-order chi connectivity index (χ0) is 20.6. The molecule has 0 unspecified atom stereocenters. The van der Waals surface area contributed by atoms with Crippen LogP contribution >= 0.6 is 0 Å². The minimum absolute atomic E-state index is 0.00122. The van der Waals surface area contributed by atoms with Crippen molar-refractivity contribution < 1.29 is 19.4 Å². The number of piperazine rings is 1. The summed E-state index contributed by atoms with van der Waals surface area (Å²) < 4.78 is 0. The highest BCUT2D eigenvalue weighted by Gasteiger charge is 2.64. The second kappa shape index (κ2) is 8.04. The van der Waals surface area contributed by atoms with Crippen molar-refractivity contribution in [1.29, 1.82) is 0 Å². The van der Waals surface area contributed by atoms with E-state index in [0.29, 0.717) is 0 Å². The summed E-state index contributed by atoms with van der Waals surface area (Å²) in [6.07, 6.45) is 8.74. The van der Waals surface area contributed by atoms with Gasteiger partial charge in [-0.15, -0.1) is 0 Å². The fourth-order valence-corrected chi connectivity index (χ4v) is 6.39. The lowest BCUT2D eigenvalue weighted by atomic mass is 9.62. The molecule has 5 heteroatoms. The van der Waals surface area contributed by atoms with Crippen LogP contribution in [0.4, 0.5) is 0 Å². The maximum absolute atomic E-state index is 13.0. The van der Waals surface area contributed by atoms with Crippen LogP contribution in [0.3, 0.4) is 0 Å². The highest BCUT2D eigenvalue weighted by molar-refractivity contribution is 6.04. The zero-order valence-electron chi connectivity index (χ0n) is 18.6. The maximum Gasteiger partial charge on any atom is 0.236 e. The SMILES string of the molecule is CC1(C)[C@H]2CC[C@@]1(C)C(=O)N(CC#CC[NH+]1CC[NH+](C3CCCCC3)CC1)C2=O. The normalized spacial score (nSPS) is 37.3. The van der Waals surface area contributed by atoms with E-state index < -0.39 is 5.41 Å². The van der Waals surface area contributed by atoms with Gasteiger partial charge in [0.05, 0.1) is 18.0 Å². The lowest BCUT2D eigenvalue weighted by Crippen LogP contribution is -3.29. The van der Waals surface area contributed by atoms with Gasteiger partial charge in [0.2, 0.25) is 11.8 Å². The number of fused-ring (bicyclic) bond motifs is 2. The number of hydrogen-bond acceptors (Lipinski definition) is 2. The van der Waals surface area contributed by atoms with Crippen molar-refractivity contribution in [3.8, 4) is 11.8 Å². The van der Waals surface area contributed by atoms with E-state index in [1.165, 1.54) is 63.2 Å². The van der Waals surface area contributed by atoms with Crippen LogP contribution in [0.2, 0.25) is 0 Å². The summed E-state index contributed by atoms with van der Waals surface area (Å²) in [4.78, 5) is 30.7. The molecule has 5 nitrogen and oxygen atoms in total. The zero-order valence-corrected chi connectivity index (χ0v) is 18.6. The van der Waals surface area contributed by atoms with Crippen LogP contribution < -0.4 is 9.80 Å². The molecule has 2 amide bonds. The van der Waals surface area contributed by atoms with Crippen molar-refractivity contribution in [3.63, 3.8) is 0 Å². The van der Waals surface area contributed by atoms with Gasteiger partial charge < -0.3 is 9.80 Å². The molecule has 29 heavy (non-hydrogen) atoms. The van der Waals surface area contributed by atoms with E-state index in [4.69, 9.17) is 0 Å². The third kappa shape index (κ3) is 3.64. The Bertz CT molecular complexity index is 707. The molecule has 4 aliphatic rings. The summed E-state index contributed by atoms with van der Waals surface area (Å²) in [5, 5.41) is 0.